The van der Waals surface area contributed by atoms with Crippen LogP contribution in [0.4, 0.5) is 4.79 Å². The molecule has 1 aromatic rings. The van der Waals surface area contributed by atoms with Crippen molar-refractivity contribution < 1.29 is 19.0 Å². The summed E-state index contributed by atoms with van der Waals surface area (Å²) in [4.78, 5) is 12.4. The van der Waals surface area contributed by atoms with Gasteiger partial charge < -0.3 is 14.2 Å². The van der Waals surface area contributed by atoms with Crippen molar-refractivity contribution in [3.05, 3.63) is 35.9 Å². The lowest BCUT2D eigenvalue weighted by molar-refractivity contribution is -0.0387. The highest BCUT2D eigenvalue weighted by Crippen LogP contribution is 2.15. The van der Waals surface area contributed by atoms with E-state index in [1.807, 2.05) is 30.3 Å². The molecule has 0 aliphatic carbocycles. The maximum atomic E-state index is 12.4. The van der Waals surface area contributed by atoms with E-state index < -0.39 is 6.16 Å². The van der Waals surface area contributed by atoms with Gasteiger partial charge in [0.1, 0.15) is 12.2 Å². The molecule has 0 radical (unpaired) electrons. The third-order valence-corrected chi connectivity index (χ3v) is 5.66. The first-order valence-corrected chi connectivity index (χ1v) is 12.7. The number of rotatable bonds is 19. The average Bonchev–Trinajstić information content (AvgIpc) is 2.78. The number of hydrogen-bond acceptors (Lipinski definition) is 4. The van der Waals surface area contributed by atoms with Crippen LogP contribution in [0.25, 0.3) is 0 Å². The van der Waals surface area contributed by atoms with Crippen LogP contribution in [0.1, 0.15) is 110 Å². The predicted molar refractivity (Wildman–Crippen MR) is 128 cm³/mol. The lowest BCUT2D eigenvalue weighted by Gasteiger charge is -2.21. The summed E-state index contributed by atoms with van der Waals surface area (Å²) < 4.78 is 17.1. The number of ether oxygens (including phenoxy) is 3. The summed E-state index contributed by atoms with van der Waals surface area (Å²) in [6, 6.07) is 10.1. The minimum Gasteiger partial charge on any atom is -0.431 e. The first-order valence-electron chi connectivity index (χ1n) is 12.7. The molecule has 0 saturated heterocycles. The van der Waals surface area contributed by atoms with Crippen LogP contribution in [0.15, 0.2) is 30.3 Å². The van der Waals surface area contributed by atoms with Gasteiger partial charge in [0, 0.05) is 0 Å². The van der Waals surface area contributed by atoms with E-state index in [4.69, 9.17) is 14.2 Å². The van der Waals surface area contributed by atoms with Crippen LogP contribution in [0.5, 0.6) is 0 Å². The van der Waals surface area contributed by atoms with Crippen molar-refractivity contribution >= 4 is 6.16 Å². The summed E-state index contributed by atoms with van der Waals surface area (Å²) in [5, 5.41) is 0. The van der Waals surface area contributed by atoms with Crippen molar-refractivity contribution in [1.29, 1.82) is 0 Å². The van der Waals surface area contributed by atoms with E-state index in [9.17, 15) is 4.79 Å². The van der Waals surface area contributed by atoms with Crippen LogP contribution >= 0.6 is 0 Å². The fourth-order valence-electron chi connectivity index (χ4n) is 3.64. The maximum Gasteiger partial charge on any atom is 0.508 e. The van der Waals surface area contributed by atoms with E-state index in [2.05, 4.69) is 20.8 Å². The fourth-order valence-corrected chi connectivity index (χ4v) is 3.64. The summed E-state index contributed by atoms with van der Waals surface area (Å²) in [5.74, 6) is 0. The number of carbonyl (C=O) groups excluding carboxylic acids is 1. The zero-order valence-electron chi connectivity index (χ0n) is 20.3. The highest BCUT2D eigenvalue weighted by Gasteiger charge is 2.19. The molecule has 0 bridgehead atoms. The van der Waals surface area contributed by atoms with Gasteiger partial charge in [0.2, 0.25) is 0 Å². The van der Waals surface area contributed by atoms with Crippen LogP contribution in [-0.4, -0.2) is 25.0 Å². The minimum absolute atomic E-state index is 0.0542. The number of benzene rings is 1. The fraction of sp³-hybridized carbons (Fsp3) is 0.741. The molecule has 0 N–H and O–H groups in total. The largest absolute Gasteiger partial charge is 0.508 e. The van der Waals surface area contributed by atoms with Gasteiger partial charge in [0.15, 0.2) is 0 Å². The molecule has 0 aliphatic rings. The molecular weight excluding hydrogens is 388 g/mol. The maximum absolute atomic E-state index is 12.4. The van der Waals surface area contributed by atoms with Crippen molar-refractivity contribution in [2.24, 2.45) is 0 Å². The molecule has 0 fully saturated rings. The second-order valence-corrected chi connectivity index (χ2v) is 8.54. The highest BCUT2D eigenvalue weighted by atomic mass is 16.7. The van der Waals surface area contributed by atoms with E-state index in [0.717, 1.165) is 44.1 Å². The molecule has 0 aromatic heterocycles. The van der Waals surface area contributed by atoms with Gasteiger partial charge in [-0.2, -0.15) is 0 Å². The summed E-state index contributed by atoms with van der Waals surface area (Å²) in [5.41, 5.74) is 1.13. The van der Waals surface area contributed by atoms with Crippen molar-refractivity contribution in [3.8, 4) is 0 Å². The third-order valence-electron chi connectivity index (χ3n) is 5.66. The summed E-state index contributed by atoms with van der Waals surface area (Å²) in [6.07, 6.45) is 13.9. The molecular formula is C27H46O4. The van der Waals surface area contributed by atoms with E-state index in [1.54, 1.807) is 0 Å². The molecule has 1 aromatic carbocycles. The van der Waals surface area contributed by atoms with E-state index >= 15 is 0 Å². The lowest BCUT2D eigenvalue weighted by atomic mass is 10.1. The summed E-state index contributed by atoms with van der Waals surface area (Å²) >= 11 is 0. The number of unbranched alkanes of at least 4 members (excludes halogenated alkanes) is 8. The second-order valence-electron chi connectivity index (χ2n) is 8.54. The van der Waals surface area contributed by atoms with Crippen LogP contribution in [0, 0.1) is 0 Å². The smallest absolute Gasteiger partial charge is 0.431 e. The van der Waals surface area contributed by atoms with Crippen LogP contribution in [0.2, 0.25) is 0 Å². The molecule has 0 amide bonds. The third kappa shape index (κ3) is 15.0. The van der Waals surface area contributed by atoms with Crippen molar-refractivity contribution in [1.82, 2.24) is 0 Å². The quantitative estimate of drug-likeness (QED) is 0.162. The standard InChI is InChI=1S/C27H46O4/c1-4-7-9-10-11-12-13-17-21-26(23-29-22-24-18-15-14-16-19-24)31-27(28)30-25(6-3)20-8-5-2/h14-16,18-19,25-26H,4-13,17,20-23H2,1-3H3. The van der Waals surface area contributed by atoms with Crippen molar-refractivity contribution in [3.63, 3.8) is 0 Å². The van der Waals surface area contributed by atoms with E-state index in [1.165, 1.54) is 44.9 Å². The van der Waals surface area contributed by atoms with Gasteiger partial charge >= 0.3 is 6.16 Å². The lowest BCUT2D eigenvalue weighted by Crippen LogP contribution is -2.27. The Morgan fingerprint density at radius 3 is 1.97 bits per heavy atom. The van der Waals surface area contributed by atoms with Crippen LogP contribution in [-0.2, 0) is 20.8 Å². The SMILES string of the molecule is CCCCCCCCCCC(COCc1ccccc1)OC(=O)OC(CC)CCCC. The molecule has 2 atom stereocenters. The molecule has 0 spiro atoms. The Balaban J connectivity index is 2.39. The molecule has 4 nitrogen and oxygen atoms in total. The Bertz CT molecular complexity index is 531. The van der Waals surface area contributed by atoms with Crippen LogP contribution < -0.4 is 0 Å². The zero-order valence-corrected chi connectivity index (χ0v) is 20.3. The first-order chi connectivity index (χ1) is 15.2. The monoisotopic (exact) mass is 434 g/mol. The van der Waals surface area contributed by atoms with Gasteiger partial charge in [-0.25, -0.2) is 4.79 Å². The topological polar surface area (TPSA) is 44.8 Å². The Labute approximate surface area is 191 Å². The van der Waals surface area contributed by atoms with Crippen molar-refractivity contribution in [2.75, 3.05) is 6.61 Å². The van der Waals surface area contributed by atoms with E-state index in [-0.39, 0.29) is 12.2 Å². The molecule has 0 saturated carbocycles. The minimum atomic E-state index is -0.546. The molecule has 31 heavy (non-hydrogen) atoms. The van der Waals surface area contributed by atoms with Crippen LogP contribution in [0.3, 0.4) is 0 Å². The first kappa shape index (κ1) is 27.5. The Morgan fingerprint density at radius 1 is 0.742 bits per heavy atom. The van der Waals surface area contributed by atoms with Gasteiger partial charge in [-0.3, -0.25) is 0 Å². The summed E-state index contributed by atoms with van der Waals surface area (Å²) in [6.45, 7) is 7.38. The molecule has 2 unspecified atom stereocenters. The van der Waals surface area contributed by atoms with Gasteiger partial charge in [-0.05, 0) is 31.2 Å². The molecule has 178 valence electrons. The Kier molecular flexibility index (Phi) is 17.0. The Morgan fingerprint density at radius 2 is 1.32 bits per heavy atom. The normalized spacial score (nSPS) is 13.0. The molecule has 4 heteroatoms. The van der Waals surface area contributed by atoms with Gasteiger partial charge in [0.05, 0.1) is 13.2 Å². The van der Waals surface area contributed by atoms with Gasteiger partial charge in [0.25, 0.3) is 0 Å². The zero-order chi connectivity index (χ0) is 22.6. The molecule has 0 aliphatic heterocycles. The number of carbonyl (C=O) groups is 1. The second kappa shape index (κ2) is 19.2. The average molecular weight is 435 g/mol. The highest BCUT2D eigenvalue weighted by molar-refractivity contribution is 5.60. The van der Waals surface area contributed by atoms with Crippen molar-refractivity contribution in [2.45, 2.75) is 123 Å². The molecule has 0 heterocycles. The summed E-state index contributed by atoms with van der Waals surface area (Å²) in [7, 11) is 0. The van der Waals surface area contributed by atoms with E-state index in [0.29, 0.717) is 13.2 Å². The predicted octanol–water partition coefficient (Wildman–Crippen LogP) is 8.22. The Hall–Kier alpha value is -1.55. The van der Waals surface area contributed by atoms with Gasteiger partial charge in [-0.1, -0.05) is 109 Å². The van der Waals surface area contributed by atoms with Gasteiger partial charge in [-0.15, -0.1) is 0 Å². The number of hydrogen-bond donors (Lipinski definition) is 0. The molecule has 1 rings (SSSR count).